The summed E-state index contributed by atoms with van der Waals surface area (Å²) < 4.78 is 24.7. The van der Waals surface area contributed by atoms with Gasteiger partial charge < -0.3 is 5.32 Å². The maximum absolute atomic E-state index is 12.4. The topological polar surface area (TPSA) is 69.7 Å². The Labute approximate surface area is 204 Å². The van der Waals surface area contributed by atoms with E-state index in [1.165, 1.54) is 10.6 Å². The molecule has 1 heterocycles. The van der Waals surface area contributed by atoms with Crippen LogP contribution in [0.1, 0.15) is 21.5 Å². The summed E-state index contributed by atoms with van der Waals surface area (Å²) in [5, 5.41) is 4.05. The van der Waals surface area contributed by atoms with E-state index in [0.29, 0.717) is 48.3 Å². The van der Waals surface area contributed by atoms with E-state index in [1.54, 1.807) is 17.8 Å². The van der Waals surface area contributed by atoms with Gasteiger partial charge in [0.05, 0.1) is 16.3 Å². The van der Waals surface area contributed by atoms with Gasteiger partial charge in [0.15, 0.2) is 0 Å². The number of piperazine rings is 1. The van der Waals surface area contributed by atoms with E-state index in [4.69, 9.17) is 23.2 Å². The number of halogens is 2. The Kier molecular flexibility index (Phi) is 9.28. The van der Waals surface area contributed by atoms with E-state index in [9.17, 15) is 13.2 Å². The minimum Gasteiger partial charge on any atom is -0.351 e. The first kappa shape index (κ1) is 25.3. The fourth-order valence-corrected chi connectivity index (χ4v) is 5.35. The highest BCUT2D eigenvalue weighted by Crippen LogP contribution is 2.24. The number of hydrogen-bond donors (Lipinski definition) is 1. The zero-order valence-corrected chi connectivity index (χ0v) is 21.0. The van der Waals surface area contributed by atoms with Crippen molar-refractivity contribution < 1.29 is 13.2 Å². The molecule has 1 fully saturated rings. The highest BCUT2D eigenvalue weighted by Gasteiger charge is 2.23. The van der Waals surface area contributed by atoms with E-state index in [0.717, 1.165) is 29.2 Å². The van der Waals surface area contributed by atoms with Gasteiger partial charge in [0.25, 0.3) is 5.91 Å². The number of nitrogens with one attached hydrogen (secondary N) is 1. The normalized spacial score (nSPS) is 15.6. The molecule has 1 saturated heterocycles. The molecule has 0 radical (unpaired) electrons. The first-order chi connectivity index (χ1) is 15.2. The summed E-state index contributed by atoms with van der Waals surface area (Å²) in [5.74, 6) is 1.51. The van der Waals surface area contributed by atoms with Crippen LogP contribution in [0.2, 0.25) is 10.0 Å². The van der Waals surface area contributed by atoms with Gasteiger partial charge in [0.2, 0.25) is 10.0 Å². The maximum Gasteiger partial charge on any atom is 0.251 e. The van der Waals surface area contributed by atoms with E-state index in [1.807, 2.05) is 36.4 Å². The quantitative estimate of drug-likeness (QED) is 0.515. The summed E-state index contributed by atoms with van der Waals surface area (Å²) in [6, 6.07) is 13.2. The number of nitrogens with zero attached hydrogens (tertiary/aromatic N) is 2. The SMILES string of the molecule is CS(=O)(=O)N1CCN(Cc2ccc(C(=O)NCCSCc3ccc(Cl)c(Cl)c3)cc2)CC1. The van der Waals surface area contributed by atoms with Crippen LogP contribution < -0.4 is 5.32 Å². The predicted octanol–water partition coefficient (Wildman–Crippen LogP) is 3.73. The van der Waals surface area contributed by atoms with Gasteiger partial charge in [-0.3, -0.25) is 9.69 Å². The summed E-state index contributed by atoms with van der Waals surface area (Å²) in [5.41, 5.74) is 2.83. The summed E-state index contributed by atoms with van der Waals surface area (Å²) in [7, 11) is -3.12. The molecule has 0 unspecified atom stereocenters. The van der Waals surface area contributed by atoms with Crippen LogP contribution in [0.15, 0.2) is 42.5 Å². The second-order valence-corrected chi connectivity index (χ2v) is 11.6. The number of sulfonamides is 1. The lowest BCUT2D eigenvalue weighted by Gasteiger charge is -2.33. The third-order valence-corrected chi connectivity index (χ3v) is 8.28. The van der Waals surface area contributed by atoms with Crippen molar-refractivity contribution >= 4 is 50.9 Å². The van der Waals surface area contributed by atoms with Crippen molar-refractivity contribution in [3.8, 4) is 0 Å². The number of amides is 1. The van der Waals surface area contributed by atoms with E-state index < -0.39 is 10.0 Å². The van der Waals surface area contributed by atoms with E-state index in [-0.39, 0.29) is 5.91 Å². The Hall–Kier alpha value is -1.29. The van der Waals surface area contributed by atoms with Crippen molar-refractivity contribution in [2.24, 2.45) is 0 Å². The summed E-state index contributed by atoms with van der Waals surface area (Å²) >= 11 is 13.7. The largest absolute Gasteiger partial charge is 0.351 e. The summed E-state index contributed by atoms with van der Waals surface area (Å²) in [6.45, 7) is 3.76. The lowest BCUT2D eigenvalue weighted by Crippen LogP contribution is -2.47. The van der Waals surface area contributed by atoms with Gasteiger partial charge in [0, 0.05) is 56.3 Å². The first-order valence-corrected chi connectivity index (χ1v) is 14.0. The molecule has 1 amide bonds. The molecule has 0 spiro atoms. The zero-order chi connectivity index (χ0) is 23.1. The summed E-state index contributed by atoms with van der Waals surface area (Å²) in [4.78, 5) is 14.6. The Morgan fingerprint density at radius 1 is 1.00 bits per heavy atom. The Bertz CT molecular complexity index is 1030. The van der Waals surface area contributed by atoms with Crippen molar-refractivity contribution in [3.63, 3.8) is 0 Å². The average Bonchev–Trinajstić information content (AvgIpc) is 2.76. The second kappa shape index (κ2) is 11.7. The molecule has 174 valence electrons. The lowest BCUT2D eigenvalue weighted by molar-refractivity contribution is 0.0956. The van der Waals surface area contributed by atoms with Gasteiger partial charge in [-0.1, -0.05) is 41.4 Å². The molecule has 0 atom stereocenters. The Morgan fingerprint density at radius 3 is 2.28 bits per heavy atom. The maximum atomic E-state index is 12.4. The standard InChI is InChI=1S/C22H27Cl2N3O3S2/c1-32(29,30)27-11-9-26(10-12-27)15-17-2-5-19(6-3-17)22(28)25-8-13-31-16-18-4-7-20(23)21(24)14-18/h2-7,14H,8-13,15-16H2,1H3,(H,25,28). The minimum absolute atomic E-state index is 0.0894. The molecule has 0 bridgehead atoms. The summed E-state index contributed by atoms with van der Waals surface area (Å²) in [6.07, 6.45) is 1.25. The smallest absolute Gasteiger partial charge is 0.251 e. The van der Waals surface area contributed by atoms with Gasteiger partial charge in [0.1, 0.15) is 0 Å². The highest BCUT2D eigenvalue weighted by molar-refractivity contribution is 7.98. The van der Waals surface area contributed by atoms with Gasteiger partial charge in [-0.25, -0.2) is 8.42 Å². The van der Waals surface area contributed by atoms with Gasteiger partial charge in [-0.15, -0.1) is 0 Å². The fourth-order valence-electron chi connectivity index (χ4n) is 3.40. The lowest BCUT2D eigenvalue weighted by atomic mass is 10.1. The molecule has 1 N–H and O–H groups in total. The molecule has 6 nitrogen and oxygen atoms in total. The van der Waals surface area contributed by atoms with E-state index >= 15 is 0 Å². The molecule has 2 aromatic rings. The number of hydrogen-bond acceptors (Lipinski definition) is 5. The van der Waals surface area contributed by atoms with Gasteiger partial charge in [-0.2, -0.15) is 16.1 Å². The van der Waals surface area contributed by atoms with Gasteiger partial charge >= 0.3 is 0 Å². The molecule has 0 aliphatic carbocycles. The van der Waals surface area contributed by atoms with Crippen molar-refractivity contribution in [1.82, 2.24) is 14.5 Å². The number of carbonyl (C=O) groups excluding carboxylic acids is 1. The molecule has 10 heteroatoms. The van der Waals surface area contributed by atoms with Crippen molar-refractivity contribution in [3.05, 3.63) is 69.2 Å². The van der Waals surface area contributed by atoms with Crippen LogP contribution in [0.3, 0.4) is 0 Å². The number of benzene rings is 2. The van der Waals surface area contributed by atoms with Crippen LogP contribution >= 0.6 is 35.0 Å². The first-order valence-electron chi connectivity index (χ1n) is 10.3. The molecule has 32 heavy (non-hydrogen) atoms. The average molecular weight is 517 g/mol. The van der Waals surface area contributed by atoms with Crippen LogP contribution in [0, 0.1) is 0 Å². The molecular formula is C22H27Cl2N3O3S2. The van der Waals surface area contributed by atoms with Crippen LogP contribution in [0.5, 0.6) is 0 Å². The minimum atomic E-state index is -3.12. The molecule has 0 saturated carbocycles. The van der Waals surface area contributed by atoms with Crippen molar-refractivity contribution in [2.45, 2.75) is 12.3 Å². The third kappa shape index (κ3) is 7.64. The monoisotopic (exact) mass is 515 g/mol. The van der Waals surface area contributed by atoms with Crippen LogP contribution in [-0.2, 0) is 22.3 Å². The van der Waals surface area contributed by atoms with Crippen molar-refractivity contribution in [1.29, 1.82) is 0 Å². The highest BCUT2D eigenvalue weighted by atomic mass is 35.5. The number of rotatable bonds is 9. The van der Waals surface area contributed by atoms with Crippen molar-refractivity contribution in [2.75, 3.05) is 44.7 Å². The molecule has 1 aliphatic heterocycles. The van der Waals surface area contributed by atoms with Gasteiger partial charge in [-0.05, 0) is 35.4 Å². The van der Waals surface area contributed by atoms with Crippen LogP contribution in [0.4, 0.5) is 0 Å². The molecule has 0 aromatic heterocycles. The Balaban J connectivity index is 1.37. The number of carbonyl (C=O) groups is 1. The Morgan fingerprint density at radius 2 is 1.66 bits per heavy atom. The molecule has 2 aromatic carbocycles. The molecule has 3 rings (SSSR count). The molecular weight excluding hydrogens is 489 g/mol. The number of thioether (sulfide) groups is 1. The van der Waals surface area contributed by atoms with Crippen LogP contribution in [-0.4, -0.2) is 68.3 Å². The van der Waals surface area contributed by atoms with Crippen LogP contribution in [0.25, 0.3) is 0 Å². The second-order valence-electron chi connectivity index (χ2n) is 7.69. The predicted molar refractivity (Wildman–Crippen MR) is 133 cm³/mol. The fraction of sp³-hybridized carbons (Fsp3) is 0.409. The third-order valence-electron chi connectivity index (χ3n) is 5.21. The van der Waals surface area contributed by atoms with E-state index in [2.05, 4.69) is 10.2 Å². The molecule has 1 aliphatic rings. The zero-order valence-electron chi connectivity index (χ0n) is 17.9.